The third kappa shape index (κ3) is 2.86. The Labute approximate surface area is 129 Å². The second-order valence-electron chi connectivity index (χ2n) is 5.39. The molecule has 0 radical (unpaired) electrons. The Morgan fingerprint density at radius 1 is 1.14 bits per heavy atom. The van der Waals surface area contributed by atoms with E-state index in [1.165, 1.54) is 0 Å². The molecule has 0 saturated heterocycles. The van der Waals surface area contributed by atoms with E-state index < -0.39 is 0 Å². The molecule has 0 aromatic heterocycles. The fourth-order valence-electron chi connectivity index (χ4n) is 2.77. The van der Waals surface area contributed by atoms with Gasteiger partial charge in [0.05, 0.1) is 7.11 Å². The van der Waals surface area contributed by atoms with Crippen LogP contribution in [0.5, 0.6) is 5.75 Å². The Morgan fingerprint density at radius 3 is 2.64 bits per heavy atom. The molecule has 1 amide bonds. The van der Waals surface area contributed by atoms with Crippen molar-refractivity contribution in [2.24, 2.45) is 0 Å². The molecular weight excluding hydrogens is 278 g/mol. The van der Waals surface area contributed by atoms with Crippen molar-refractivity contribution in [1.82, 2.24) is 5.32 Å². The van der Waals surface area contributed by atoms with E-state index in [1.807, 2.05) is 24.3 Å². The molecule has 0 heterocycles. The first-order chi connectivity index (χ1) is 10.7. The monoisotopic (exact) mass is 295 g/mol. The van der Waals surface area contributed by atoms with Crippen LogP contribution in [0.15, 0.2) is 48.5 Å². The number of Topliss-reactive ketones (excluding diaryl/α,β-unsaturated/α-hetero) is 1. The molecule has 112 valence electrons. The standard InChI is InChI=1S/C18H17NO3/c1-22-15-7-8-16-13(10-15)9-14(11-17(16)20)19-18(21)12-5-3-2-4-6-12/h2-8,10,14H,9,11H2,1H3,(H,19,21)/t14-/m1/s1. The first-order valence-corrected chi connectivity index (χ1v) is 7.23. The zero-order valence-corrected chi connectivity index (χ0v) is 12.3. The molecular formula is C18H17NO3. The number of carbonyl (C=O) groups is 2. The summed E-state index contributed by atoms with van der Waals surface area (Å²) in [5.41, 5.74) is 2.26. The summed E-state index contributed by atoms with van der Waals surface area (Å²) in [7, 11) is 1.60. The maximum Gasteiger partial charge on any atom is 0.251 e. The van der Waals surface area contributed by atoms with E-state index >= 15 is 0 Å². The van der Waals surface area contributed by atoms with E-state index in [2.05, 4.69) is 5.32 Å². The summed E-state index contributed by atoms with van der Waals surface area (Å²) in [6, 6.07) is 14.3. The number of hydrogen-bond donors (Lipinski definition) is 1. The van der Waals surface area contributed by atoms with Crippen LogP contribution >= 0.6 is 0 Å². The van der Waals surface area contributed by atoms with Crippen LogP contribution < -0.4 is 10.1 Å². The molecule has 1 aliphatic rings. The van der Waals surface area contributed by atoms with Gasteiger partial charge in [-0.15, -0.1) is 0 Å². The SMILES string of the molecule is COc1ccc2c(c1)C[C@@H](NC(=O)c1ccccc1)CC2=O. The summed E-state index contributed by atoms with van der Waals surface area (Å²) in [6.45, 7) is 0. The molecule has 0 bridgehead atoms. The Morgan fingerprint density at radius 2 is 1.91 bits per heavy atom. The molecule has 3 rings (SSSR count). The van der Waals surface area contributed by atoms with Crippen LogP contribution in [0.25, 0.3) is 0 Å². The second-order valence-corrected chi connectivity index (χ2v) is 5.39. The summed E-state index contributed by atoms with van der Waals surface area (Å²) in [5.74, 6) is 0.633. The molecule has 4 heteroatoms. The van der Waals surface area contributed by atoms with Crippen LogP contribution in [0.4, 0.5) is 0 Å². The van der Waals surface area contributed by atoms with E-state index in [1.54, 1.807) is 31.4 Å². The summed E-state index contributed by atoms with van der Waals surface area (Å²) >= 11 is 0. The van der Waals surface area contributed by atoms with Crippen molar-refractivity contribution in [2.75, 3.05) is 7.11 Å². The van der Waals surface area contributed by atoms with Crippen molar-refractivity contribution in [2.45, 2.75) is 18.9 Å². The number of ether oxygens (including phenoxy) is 1. The molecule has 0 saturated carbocycles. The lowest BCUT2D eigenvalue weighted by Crippen LogP contribution is -2.40. The zero-order valence-electron chi connectivity index (χ0n) is 12.3. The van der Waals surface area contributed by atoms with Gasteiger partial charge in [0.25, 0.3) is 5.91 Å². The Bertz CT molecular complexity index is 710. The lowest BCUT2D eigenvalue weighted by atomic mass is 9.87. The minimum atomic E-state index is -0.181. The van der Waals surface area contributed by atoms with Gasteiger partial charge in [0.2, 0.25) is 0 Å². The van der Waals surface area contributed by atoms with Crippen LogP contribution in [-0.2, 0) is 6.42 Å². The minimum absolute atomic E-state index is 0.0577. The molecule has 4 nitrogen and oxygen atoms in total. The van der Waals surface area contributed by atoms with Gasteiger partial charge in [0.15, 0.2) is 5.78 Å². The lowest BCUT2D eigenvalue weighted by Gasteiger charge is -2.25. The van der Waals surface area contributed by atoms with Gasteiger partial charge in [0.1, 0.15) is 5.75 Å². The lowest BCUT2D eigenvalue weighted by molar-refractivity contribution is 0.0905. The predicted octanol–water partition coefficient (Wildman–Crippen LogP) is 2.62. The number of fused-ring (bicyclic) bond motifs is 1. The molecule has 0 fully saturated rings. The third-order valence-electron chi connectivity index (χ3n) is 3.88. The van der Waals surface area contributed by atoms with Crippen LogP contribution in [0.2, 0.25) is 0 Å². The molecule has 1 atom stereocenters. The van der Waals surface area contributed by atoms with E-state index in [4.69, 9.17) is 4.74 Å². The first-order valence-electron chi connectivity index (χ1n) is 7.23. The van der Waals surface area contributed by atoms with Crippen molar-refractivity contribution in [1.29, 1.82) is 0 Å². The zero-order chi connectivity index (χ0) is 15.5. The van der Waals surface area contributed by atoms with Gasteiger partial charge in [0, 0.05) is 23.6 Å². The number of methoxy groups -OCH3 is 1. The second kappa shape index (κ2) is 6.02. The van der Waals surface area contributed by atoms with Crippen molar-refractivity contribution >= 4 is 11.7 Å². The number of nitrogens with one attached hydrogen (secondary N) is 1. The predicted molar refractivity (Wildman–Crippen MR) is 83.3 cm³/mol. The molecule has 0 unspecified atom stereocenters. The quantitative estimate of drug-likeness (QED) is 0.947. The number of hydrogen-bond acceptors (Lipinski definition) is 3. The third-order valence-corrected chi connectivity index (χ3v) is 3.88. The largest absolute Gasteiger partial charge is 0.497 e. The van der Waals surface area contributed by atoms with Crippen molar-refractivity contribution in [3.63, 3.8) is 0 Å². The van der Waals surface area contributed by atoms with Gasteiger partial charge >= 0.3 is 0 Å². The highest BCUT2D eigenvalue weighted by molar-refractivity contribution is 6.00. The number of carbonyl (C=O) groups excluding carboxylic acids is 2. The van der Waals surface area contributed by atoms with Crippen molar-refractivity contribution < 1.29 is 14.3 Å². The van der Waals surface area contributed by atoms with Gasteiger partial charge < -0.3 is 10.1 Å². The van der Waals surface area contributed by atoms with E-state index in [9.17, 15) is 9.59 Å². The van der Waals surface area contributed by atoms with Crippen molar-refractivity contribution in [3.05, 3.63) is 65.2 Å². The smallest absolute Gasteiger partial charge is 0.251 e. The topological polar surface area (TPSA) is 55.4 Å². The summed E-state index contributed by atoms with van der Waals surface area (Å²) in [4.78, 5) is 24.4. The average molecular weight is 295 g/mol. The fourth-order valence-corrected chi connectivity index (χ4v) is 2.77. The Balaban J connectivity index is 1.77. The van der Waals surface area contributed by atoms with Crippen LogP contribution in [-0.4, -0.2) is 24.8 Å². The van der Waals surface area contributed by atoms with Gasteiger partial charge in [-0.2, -0.15) is 0 Å². The maximum absolute atomic E-state index is 12.2. The summed E-state index contributed by atoms with van der Waals surface area (Å²) < 4.78 is 5.20. The molecule has 2 aromatic carbocycles. The van der Waals surface area contributed by atoms with Gasteiger partial charge in [-0.05, 0) is 42.3 Å². The minimum Gasteiger partial charge on any atom is -0.497 e. The first kappa shape index (κ1) is 14.3. The number of amides is 1. The van der Waals surface area contributed by atoms with Crippen LogP contribution in [0.3, 0.4) is 0 Å². The Kier molecular flexibility index (Phi) is 3.92. The molecule has 2 aromatic rings. The van der Waals surface area contributed by atoms with E-state index in [0.717, 1.165) is 16.9 Å². The Hall–Kier alpha value is -2.62. The van der Waals surface area contributed by atoms with Gasteiger partial charge in [-0.3, -0.25) is 9.59 Å². The molecule has 1 N–H and O–H groups in total. The van der Waals surface area contributed by atoms with Gasteiger partial charge in [-0.1, -0.05) is 18.2 Å². The van der Waals surface area contributed by atoms with E-state index in [-0.39, 0.29) is 17.7 Å². The fraction of sp³-hybridized carbons (Fsp3) is 0.222. The molecule has 1 aliphatic carbocycles. The number of ketones is 1. The molecule has 0 aliphatic heterocycles. The molecule has 0 spiro atoms. The highest BCUT2D eigenvalue weighted by Crippen LogP contribution is 2.25. The summed E-state index contributed by atoms with van der Waals surface area (Å²) in [5, 5.41) is 2.94. The maximum atomic E-state index is 12.2. The number of rotatable bonds is 3. The average Bonchev–Trinajstić information content (AvgIpc) is 2.55. The van der Waals surface area contributed by atoms with Crippen molar-refractivity contribution in [3.8, 4) is 5.75 Å². The molecule has 22 heavy (non-hydrogen) atoms. The van der Waals surface area contributed by atoms with E-state index in [0.29, 0.717) is 18.4 Å². The highest BCUT2D eigenvalue weighted by atomic mass is 16.5. The van der Waals surface area contributed by atoms with Crippen LogP contribution in [0.1, 0.15) is 32.7 Å². The normalized spacial score (nSPS) is 16.8. The van der Waals surface area contributed by atoms with Gasteiger partial charge in [-0.25, -0.2) is 0 Å². The van der Waals surface area contributed by atoms with Crippen LogP contribution in [0, 0.1) is 0 Å². The highest BCUT2D eigenvalue weighted by Gasteiger charge is 2.26. The number of benzene rings is 2. The summed E-state index contributed by atoms with van der Waals surface area (Å²) in [6.07, 6.45) is 0.967.